The fraction of sp³-hybridized carbons (Fsp3) is 0.940. The van der Waals surface area contributed by atoms with Gasteiger partial charge < -0.3 is 89.9 Å². The van der Waals surface area contributed by atoms with Crippen molar-refractivity contribution in [1.29, 1.82) is 0 Å². The summed E-state index contributed by atoms with van der Waals surface area (Å²) in [4.78, 5) is 13.5. The minimum atomic E-state index is -1.97. The summed E-state index contributed by atoms with van der Waals surface area (Å²) >= 11 is 0. The van der Waals surface area contributed by atoms with Crippen LogP contribution in [0.15, 0.2) is 24.3 Å². The van der Waals surface area contributed by atoms with E-state index in [1.807, 2.05) is 0 Å². The molecule has 1 amide bonds. The van der Waals surface area contributed by atoms with Gasteiger partial charge in [0.25, 0.3) is 0 Å². The second-order valence-electron chi connectivity index (χ2n) is 31.0. The second kappa shape index (κ2) is 65.0. The molecule has 103 heavy (non-hydrogen) atoms. The molecule has 0 bridgehead atoms. The van der Waals surface area contributed by atoms with Crippen molar-refractivity contribution in [3.8, 4) is 0 Å². The molecule has 3 saturated heterocycles. The molecule has 19 nitrogen and oxygen atoms in total. The van der Waals surface area contributed by atoms with Crippen molar-refractivity contribution in [2.75, 3.05) is 26.4 Å². The number of unbranched alkanes of at least 4 members (excludes halogenated alkanes) is 50. The average molecular weight is 1470 g/mol. The van der Waals surface area contributed by atoms with E-state index < -0.39 is 124 Å². The maximum Gasteiger partial charge on any atom is 0.220 e. The largest absolute Gasteiger partial charge is 0.394 e. The lowest BCUT2D eigenvalue weighted by atomic mass is 9.96. The van der Waals surface area contributed by atoms with E-state index in [4.69, 9.17) is 28.4 Å². The van der Waals surface area contributed by atoms with Crippen LogP contribution >= 0.6 is 0 Å². The summed E-state index contributed by atoms with van der Waals surface area (Å²) in [5.41, 5.74) is 0. The number of ether oxygens (including phenoxy) is 6. The van der Waals surface area contributed by atoms with Crippen molar-refractivity contribution < 1.29 is 89.4 Å². The van der Waals surface area contributed by atoms with Crippen LogP contribution in [0.2, 0.25) is 0 Å². The summed E-state index contributed by atoms with van der Waals surface area (Å²) in [6, 6.07) is -0.887. The third-order valence-electron chi connectivity index (χ3n) is 21.8. The Kier molecular flexibility index (Phi) is 60.3. The van der Waals surface area contributed by atoms with E-state index in [1.54, 1.807) is 0 Å². The summed E-state index contributed by atoms with van der Waals surface area (Å²) in [5.74, 6) is -0.235. The van der Waals surface area contributed by atoms with Crippen molar-refractivity contribution in [2.45, 2.75) is 478 Å². The van der Waals surface area contributed by atoms with Gasteiger partial charge in [-0.05, 0) is 44.9 Å². The van der Waals surface area contributed by atoms with E-state index in [2.05, 4.69) is 43.5 Å². The van der Waals surface area contributed by atoms with Crippen LogP contribution in [-0.2, 0) is 33.2 Å². The fourth-order valence-corrected chi connectivity index (χ4v) is 14.9. The minimum absolute atomic E-state index is 0.235. The number of hydrogen-bond donors (Lipinski definition) is 12. The van der Waals surface area contributed by atoms with Crippen LogP contribution in [0.3, 0.4) is 0 Å². The molecule has 0 aliphatic carbocycles. The summed E-state index contributed by atoms with van der Waals surface area (Å²) in [5, 5.41) is 121. The first kappa shape index (κ1) is 95.5. The van der Waals surface area contributed by atoms with Gasteiger partial charge in [0.05, 0.1) is 38.6 Å². The van der Waals surface area contributed by atoms with Crippen molar-refractivity contribution in [3.05, 3.63) is 24.3 Å². The smallest absolute Gasteiger partial charge is 0.220 e. The number of allylic oxidation sites excluding steroid dienone is 4. The van der Waals surface area contributed by atoms with Crippen LogP contribution in [-0.4, -0.2) is 193 Å². The normalized spacial score (nSPS) is 26.1. The van der Waals surface area contributed by atoms with Gasteiger partial charge in [0, 0.05) is 6.42 Å². The Labute approximate surface area is 626 Å². The van der Waals surface area contributed by atoms with Crippen LogP contribution in [0.1, 0.15) is 373 Å². The Morgan fingerprint density at radius 2 is 0.641 bits per heavy atom. The molecule has 0 aromatic carbocycles. The number of aliphatic hydroxyl groups excluding tert-OH is 11. The molecule has 0 aromatic rings. The van der Waals surface area contributed by atoms with Crippen molar-refractivity contribution >= 4 is 5.91 Å². The highest BCUT2D eigenvalue weighted by Gasteiger charge is 2.54. The van der Waals surface area contributed by atoms with Gasteiger partial charge in [-0.2, -0.15) is 0 Å². The van der Waals surface area contributed by atoms with Crippen molar-refractivity contribution in [1.82, 2.24) is 5.32 Å². The SMILES string of the molecule is CCCCCCC/C=C\C/C=C\CCCCCCCCCCCCCCCCCCCC(=O)NC(COC1OC(CO)C(OC2OC(CO)C(OC3OC(CO)C(O)C(O)C3O)C(O)C2O)C(O)C1O)C(O)CCCCCCCCCCCCCCCCCCCCCCCCCCCCCCC. The van der Waals surface area contributed by atoms with Gasteiger partial charge in [-0.1, -0.05) is 346 Å². The van der Waals surface area contributed by atoms with Crippen LogP contribution in [0.5, 0.6) is 0 Å². The summed E-state index contributed by atoms with van der Waals surface area (Å²) in [6.45, 7) is 1.86. The predicted molar refractivity (Wildman–Crippen MR) is 411 cm³/mol. The lowest BCUT2D eigenvalue weighted by molar-refractivity contribution is -0.379. The molecular formula is C84H159NO18. The first-order valence-electron chi connectivity index (χ1n) is 43.1. The molecule has 608 valence electrons. The van der Waals surface area contributed by atoms with E-state index in [-0.39, 0.29) is 18.9 Å². The molecule has 3 aliphatic heterocycles. The number of nitrogens with one attached hydrogen (secondary N) is 1. The van der Waals surface area contributed by atoms with Gasteiger partial charge in [0.2, 0.25) is 5.91 Å². The highest BCUT2D eigenvalue weighted by molar-refractivity contribution is 5.76. The van der Waals surface area contributed by atoms with Gasteiger partial charge in [-0.15, -0.1) is 0 Å². The third-order valence-corrected chi connectivity index (χ3v) is 21.8. The third kappa shape index (κ3) is 44.6. The number of amides is 1. The molecule has 3 heterocycles. The molecule has 17 atom stereocenters. The quantitative estimate of drug-likeness (QED) is 0.0199. The number of rotatable bonds is 70. The lowest BCUT2D eigenvalue weighted by Crippen LogP contribution is -2.66. The van der Waals surface area contributed by atoms with Gasteiger partial charge in [0.1, 0.15) is 73.2 Å². The predicted octanol–water partition coefficient (Wildman–Crippen LogP) is 15.3. The molecule has 0 aromatic heterocycles. The average Bonchev–Trinajstić information content (AvgIpc) is 0.781. The molecule has 19 heteroatoms. The number of carbonyl (C=O) groups excluding carboxylic acids is 1. The van der Waals surface area contributed by atoms with Crippen LogP contribution in [0, 0.1) is 0 Å². The molecule has 3 aliphatic rings. The molecule has 0 saturated carbocycles. The Morgan fingerprint density at radius 3 is 0.990 bits per heavy atom. The maximum absolute atomic E-state index is 13.5. The van der Waals surface area contributed by atoms with Gasteiger partial charge >= 0.3 is 0 Å². The van der Waals surface area contributed by atoms with E-state index in [1.165, 1.54) is 289 Å². The van der Waals surface area contributed by atoms with Gasteiger partial charge in [-0.3, -0.25) is 4.79 Å². The van der Waals surface area contributed by atoms with Gasteiger partial charge in [0.15, 0.2) is 18.9 Å². The first-order valence-corrected chi connectivity index (χ1v) is 43.1. The molecule has 0 radical (unpaired) electrons. The number of carbonyl (C=O) groups is 1. The Bertz CT molecular complexity index is 1950. The van der Waals surface area contributed by atoms with Crippen LogP contribution in [0.4, 0.5) is 0 Å². The maximum atomic E-state index is 13.5. The number of aliphatic hydroxyl groups is 11. The van der Waals surface area contributed by atoms with Crippen molar-refractivity contribution in [3.63, 3.8) is 0 Å². The Morgan fingerprint density at radius 1 is 0.350 bits per heavy atom. The highest BCUT2D eigenvalue weighted by atomic mass is 16.8. The minimum Gasteiger partial charge on any atom is -0.394 e. The van der Waals surface area contributed by atoms with Crippen LogP contribution in [0.25, 0.3) is 0 Å². The summed E-state index contributed by atoms with van der Waals surface area (Å²) in [6.07, 6.45) is 52.7. The Hall–Kier alpha value is -1.73. The molecule has 3 rings (SSSR count). The zero-order valence-electron chi connectivity index (χ0n) is 65.3. The first-order chi connectivity index (χ1) is 50.3. The molecule has 0 spiro atoms. The van der Waals surface area contributed by atoms with Crippen molar-refractivity contribution in [2.24, 2.45) is 0 Å². The monoisotopic (exact) mass is 1470 g/mol. The fourth-order valence-electron chi connectivity index (χ4n) is 14.9. The van der Waals surface area contributed by atoms with E-state index in [9.17, 15) is 61.0 Å². The molecular weight excluding hydrogens is 1310 g/mol. The molecule has 3 fully saturated rings. The second-order valence-corrected chi connectivity index (χ2v) is 31.0. The van der Waals surface area contributed by atoms with E-state index in [0.29, 0.717) is 12.8 Å². The summed E-state index contributed by atoms with van der Waals surface area (Å²) in [7, 11) is 0. The number of hydrogen-bond acceptors (Lipinski definition) is 18. The Balaban J connectivity index is 1.34. The highest BCUT2D eigenvalue weighted by Crippen LogP contribution is 2.34. The van der Waals surface area contributed by atoms with E-state index >= 15 is 0 Å². The lowest BCUT2D eigenvalue weighted by Gasteiger charge is -2.48. The van der Waals surface area contributed by atoms with Crippen LogP contribution < -0.4 is 5.32 Å². The standard InChI is InChI=1S/C84H159NO18/c1-3-5-7-9-11-13-15-17-19-21-23-25-27-29-31-33-35-37-39-41-43-45-47-49-51-53-55-57-59-61-68(89)67(85-72(90)62-60-58-56-54-52-50-48-46-44-42-40-38-36-34-32-30-28-26-24-22-20-18-16-14-12-10-8-6-4-2)66-98-82-78(96)75(93)80(70(64-87)100-82)103-84-79(97)76(94)81(71(65-88)101-84)102-83-77(95)74(92)73(91)69(63-86)99-83/h16,18,22,24,67-71,73-84,86-89,91-97H,3-15,17,19-21,23,25-66H2,1-2H3,(H,85,90)/b18-16-,24-22-. The zero-order valence-corrected chi connectivity index (χ0v) is 65.3. The topological polar surface area (TPSA) is 307 Å². The van der Waals surface area contributed by atoms with Gasteiger partial charge in [-0.25, -0.2) is 0 Å². The molecule has 17 unspecified atom stereocenters. The zero-order chi connectivity index (χ0) is 74.6. The van der Waals surface area contributed by atoms with E-state index in [0.717, 1.165) is 51.4 Å². The molecule has 12 N–H and O–H groups in total. The summed E-state index contributed by atoms with van der Waals surface area (Å²) < 4.78 is 34.6.